The number of likely N-dealkylation sites (N-methyl/N-ethyl adjacent to an activating group) is 1. The number of ether oxygens (including phenoxy) is 1. The molecule has 1 saturated carbocycles. The first-order valence-electron chi connectivity index (χ1n) is 7.41. The smallest absolute Gasteiger partial charge is 0.234 e. The fourth-order valence-corrected chi connectivity index (χ4v) is 2.22. The molecule has 1 aliphatic rings. The van der Waals surface area contributed by atoms with Crippen molar-refractivity contribution in [3.05, 3.63) is 0 Å². The lowest BCUT2D eigenvalue weighted by Gasteiger charge is -2.22. The Hall–Kier alpha value is -0.650. The second-order valence-corrected chi connectivity index (χ2v) is 5.49. The van der Waals surface area contributed by atoms with E-state index in [0.717, 1.165) is 32.5 Å². The second kappa shape index (κ2) is 10.2. The zero-order chi connectivity index (χ0) is 13.9. The molecule has 0 unspecified atom stereocenters. The molecule has 0 aliphatic heterocycles. The van der Waals surface area contributed by atoms with E-state index < -0.39 is 0 Å². The largest absolute Gasteiger partial charge is 0.379 e. The molecule has 0 aromatic heterocycles. The van der Waals surface area contributed by atoms with Crippen LogP contribution in [0.4, 0.5) is 0 Å². The van der Waals surface area contributed by atoms with Crippen LogP contribution >= 0.6 is 0 Å². The van der Waals surface area contributed by atoms with Gasteiger partial charge in [0.2, 0.25) is 5.91 Å². The van der Waals surface area contributed by atoms with Gasteiger partial charge in [0.1, 0.15) is 0 Å². The summed E-state index contributed by atoms with van der Waals surface area (Å²) < 4.78 is 5.44. The summed E-state index contributed by atoms with van der Waals surface area (Å²) in [7, 11) is 4.05. The Balaban J connectivity index is 1.89. The summed E-state index contributed by atoms with van der Waals surface area (Å²) in [6, 6.07) is 0.402. The molecule has 1 fully saturated rings. The molecule has 2 N–H and O–H groups in total. The van der Waals surface area contributed by atoms with Crippen LogP contribution in [-0.4, -0.2) is 63.8 Å². The number of hydrogen-bond donors (Lipinski definition) is 2. The van der Waals surface area contributed by atoms with Crippen molar-refractivity contribution in [2.75, 3.05) is 46.9 Å². The topological polar surface area (TPSA) is 53.6 Å². The van der Waals surface area contributed by atoms with Crippen molar-refractivity contribution in [2.45, 2.75) is 38.1 Å². The highest BCUT2D eigenvalue weighted by atomic mass is 16.5. The summed E-state index contributed by atoms with van der Waals surface area (Å²) >= 11 is 0. The molecule has 1 amide bonds. The van der Waals surface area contributed by atoms with Gasteiger partial charge in [-0.05, 0) is 26.9 Å². The van der Waals surface area contributed by atoms with Crippen molar-refractivity contribution < 1.29 is 9.53 Å². The van der Waals surface area contributed by atoms with Crippen molar-refractivity contribution in [1.82, 2.24) is 15.5 Å². The predicted octanol–water partition coefficient (Wildman–Crippen LogP) is 0.603. The molecule has 0 saturated heterocycles. The molecule has 0 aromatic carbocycles. The average molecular weight is 271 g/mol. The van der Waals surface area contributed by atoms with Gasteiger partial charge in [-0.2, -0.15) is 0 Å². The first kappa shape index (κ1) is 16.4. The van der Waals surface area contributed by atoms with Crippen molar-refractivity contribution in [3.63, 3.8) is 0 Å². The third-order valence-electron chi connectivity index (χ3n) is 3.36. The van der Waals surface area contributed by atoms with Crippen molar-refractivity contribution in [3.8, 4) is 0 Å². The molecule has 19 heavy (non-hydrogen) atoms. The van der Waals surface area contributed by atoms with Gasteiger partial charge in [0, 0.05) is 19.1 Å². The quantitative estimate of drug-likeness (QED) is 0.603. The number of carbonyl (C=O) groups is 1. The minimum Gasteiger partial charge on any atom is -0.379 e. The molecular weight excluding hydrogens is 242 g/mol. The van der Waals surface area contributed by atoms with Gasteiger partial charge in [0.05, 0.1) is 19.8 Å². The van der Waals surface area contributed by atoms with Crippen LogP contribution < -0.4 is 10.6 Å². The molecule has 0 bridgehead atoms. The van der Waals surface area contributed by atoms with Crippen LogP contribution in [-0.2, 0) is 9.53 Å². The average Bonchev–Trinajstić information content (AvgIpc) is 2.38. The van der Waals surface area contributed by atoms with Gasteiger partial charge in [0.15, 0.2) is 0 Å². The first-order chi connectivity index (χ1) is 9.18. The lowest BCUT2D eigenvalue weighted by Crippen LogP contribution is -2.41. The Morgan fingerprint density at radius 1 is 1.21 bits per heavy atom. The third kappa shape index (κ3) is 8.97. The Bertz CT molecular complexity index is 241. The zero-order valence-electron chi connectivity index (χ0n) is 12.4. The molecule has 0 heterocycles. The van der Waals surface area contributed by atoms with E-state index in [1.807, 2.05) is 14.1 Å². The Kier molecular flexibility index (Phi) is 8.79. The Morgan fingerprint density at radius 2 is 1.95 bits per heavy atom. The van der Waals surface area contributed by atoms with E-state index in [9.17, 15) is 4.79 Å². The molecular formula is C14H29N3O2. The molecule has 5 nitrogen and oxygen atoms in total. The number of rotatable bonds is 9. The summed E-state index contributed by atoms with van der Waals surface area (Å²) in [4.78, 5) is 13.8. The monoisotopic (exact) mass is 271 g/mol. The molecule has 5 heteroatoms. The van der Waals surface area contributed by atoms with Crippen LogP contribution in [0.3, 0.4) is 0 Å². The van der Waals surface area contributed by atoms with E-state index in [1.165, 1.54) is 19.3 Å². The molecule has 0 aromatic rings. The molecule has 0 spiro atoms. The van der Waals surface area contributed by atoms with Crippen molar-refractivity contribution in [1.29, 1.82) is 0 Å². The number of amides is 1. The minimum atomic E-state index is 0.111. The normalized spacial score (nSPS) is 16.8. The van der Waals surface area contributed by atoms with E-state index in [2.05, 4.69) is 15.5 Å². The highest BCUT2D eigenvalue weighted by Gasteiger charge is 2.14. The number of hydrogen-bond acceptors (Lipinski definition) is 4. The van der Waals surface area contributed by atoms with Crippen LogP contribution in [0.1, 0.15) is 32.1 Å². The standard InChI is InChI=1S/C14H29N3O2/c1-17(2)9-11-19-10-8-15-12-14(18)16-13-6-4-3-5-7-13/h13,15H,3-12H2,1-2H3,(H,16,18). The lowest BCUT2D eigenvalue weighted by atomic mass is 9.95. The number of carbonyl (C=O) groups excluding carboxylic acids is 1. The van der Waals surface area contributed by atoms with Gasteiger partial charge in [-0.1, -0.05) is 19.3 Å². The lowest BCUT2D eigenvalue weighted by molar-refractivity contribution is -0.121. The summed E-state index contributed by atoms with van der Waals surface area (Å²) in [5, 5.41) is 6.20. The van der Waals surface area contributed by atoms with E-state index >= 15 is 0 Å². The van der Waals surface area contributed by atoms with Gasteiger partial charge < -0.3 is 20.3 Å². The number of nitrogens with one attached hydrogen (secondary N) is 2. The fourth-order valence-electron chi connectivity index (χ4n) is 2.22. The second-order valence-electron chi connectivity index (χ2n) is 5.49. The van der Waals surface area contributed by atoms with Gasteiger partial charge in [-0.15, -0.1) is 0 Å². The molecule has 0 radical (unpaired) electrons. The van der Waals surface area contributed by atoms with Gasteiger partial charge in [-0.25, -0.2) is 0 Å². The van der Waals surface area contributed by atoms with E-state index in [-0.39, 0.29) is 5.91 Å². The molecule has 1 aliphatic carbocycles. The summed E-state index contributed by atoms with van der Waals surface area (Å²) in [6.07, 6.45) is 6.09. The third-order valence-corrected chi connectivity index (χ3v) is 3.36. The highest BCUT2D eigenvalue weighted by Crippen LogP contribution is 2.16. The SMILES string of the molecule is CN(C)CCOCCNCC(=O)NC1CCCCC1. The molecule has 112 valence electrons. The van der Waals surface area contributed by atoms with Crippen LogP contribution in [0.15, 0.2) is 0 Å². The van der Waals surface area contributed by atoms with Gasteiger partial charge >= 0.3 is 0 Å². The predicted molar refractivity (Wildman–Crippen MR) is 77.3 cm³/mol. The van der Waals surface area contributed by atoms with E-state index in [1.54, 1.807) is 0 Å². The van der Waals surface area contributed by atoms with Crippen molar-refractivity contribution in [2.24, 2.45) is 0 Å². The van der Waals surface area contributed by atoms with E-state index in [0.29, 0.717) is 19.2 Å². The summed E-state index contributed by atoms with van der Waals surface area (Å²) in [5.41, 5.74) is 0. The maximum atomic E-state index is 11.7. The molecule has 0 atom stereocenters. The van der Waals surface area contributed by atoms with Crippen LogP contribution in [0.5, 0.6) is 0 Å². The minimum absolute atomic E-state index is 0.111. The molecule has 1 rings (SSSR count). The van der Waals surface area contributed by atoms with Gasteiger partial charge in [0.25, 0.3) is 0 Å². The zero-order valence-corrected chi connectivity index (χ0v) is 12.4. The first-order valence-corrected chi connectivity index (χ1v) is 7.41. The number of nitrogens with zero attached hydrogens (tertiary/aromatic N) is 1. The summed E-state index contributed by atoms with van der Waals surface area (Å²) in [5.74, 6) is 0.111. The maximum Gasteiger partial charge on any atom is 0.234 e. The van der Waals surface area contributed by atoms with Crippen LogP contribution in [0.25, 0.3) is 0 Å². The van der Waals surface area contributed by atoms with Crippen LogP contribution in [0.2, 0.25) is 0 Å². The van der Waals surface area contributed by atoms with Gasteiger partial charge in [-0.3, -0.25) is 4.79 Å². The maximum absolute atomic E-state index is 11.7. The highest BCUT2D eigenvalue weighted by molar-refractivity contribution is 5.78. The Labute approximate surface area is 117 Å². The Morgan fingerprint density at radius 3 is 2.63 bits per heavy atom. The fraction of sp³-hybridized carbons (Fsp3) is 0.929. The van der Waals surface area contributed by atoms with Crippen molar-refractivity contribution >= 4 is 5.91 Å². The van der Waals surface area contributed by atoms with E-state index in [4.69, 9.17) is 4.74 Å². The van der Waals surface area contributed by atoms with Crippen LogP contribution in [0, 0.1) is 0 Å². The summed E-state index contributed by atoms with van der Waals surface area (Å²) in [6.45, 7) is 3.45.